The topological polar surface area (TPSA) is 50.8 Å². The highest BCUT2D eigenvalue weighted by Crippen LogP contribution is 2.52. The first kappa shape index (κ1) is 16.9. The van der Waals surface area contributed by atoms with Gasteiger partial charge in [-0.3, -0.25) is 4.79 Å². The SMILES string of the molecule is CNC1CCC2(CC1)CN(c1ccccc1)CC1(CC1OC(C)=O)O2. The monoisotopic (exact) mass is 344 g/mol. The normalized spacial score (nSPS) is 37.3. The third-order valence-electron chi connectivity index (χ3n) is 6.05. The maximum Gasteiger partial charge on any atom is 0.303 e. The van der Waals surface area contributed by atoms with E-state index in [1.807, 2.05) is 13.1 Å². The Balaban J connectivity index is 1.57. The second-order valence-electron chi connectivity index (χ2n) is 7.91. The Kier molecular flexibility index (Phi) is 4.24. The largest absolute Gasteiger partial charge is 0.459 e. The van der Waals surface area contributed by atoms with Gasteiger partial charge in [0, 0.05) is 31.6 Å². The molecule has 1 saturated heterocycles. The highest BCUT2D eigenvalue weighted by atomic mass is 16.6. The predicted octanol–water partition coefficient (Wildman–Crippen LogP) is 2.50. The first-order chi connectivity index (χ1) is 12.0. The van der Waals surface area contributed by atoms with Crippen LogP contribution in [-0.4, -0.2) is 49.5 Å². The lowest BCUT2D eigenvalue weighted by atomic mass is 9.80. The van der Waals surface area contributed by atoms with Gasteiger partial charge in [-0.2, -0.15) is 0 Å². The van der Waals surface area contributed by atoms with E-state index in [9.17, 15) is 4.79 Å². The van der Waals surface area contributed by atoms with Crippen molar-refractivity contribution in [3.8, 4) is 0 Å². The molecule has 4 rings (SSSR count). The maximum absolute atomic E-state index is 11.4. The second-order valence-corrected chi connectivity index (χ2v) is 7.91. The zero-order chi connectivity index (χ0) is 17.5. The van der Waals surface area contributed by atoms with E-state index in [0.717, 1.165) is 45.2 Å². The highest BCUT2D eigenvalue weighted by molar-refractivity contribution is 5.67. The summed E-state index contributed by atoms with van der Waals surface area (Å²) in [6, 6.07) is 11.1. The Morgan fingerprint density at radius 1 is 1.24 bits per heavy atom. The molecule has 1 aliphatic heterocycles. The van der Waals surface area contributed by atoms with Crippen molar-refractivity contribution in [1.29, 1.82) is 0 Å². The van der Waals surface area contributed by atoms with Crippen LogP contribution in [0.1, 0.15) is 39.0 Å². The van der Waals surface area contributed by atoms with Crippen LogP contribution >= 0.6 is 0 Å². The molecule has 3 fully saturated rings. The van der Waals surface area contributed by atoms with Gasteiger partial charge < -0.3 is 19.7 Å². The molecule has 0 aromatic heterocycles. The molecule has 1 N–H and O–H groups in total. The van der Waals surface area contributed by atoms with Crippen molar-refractivity contribution in [2.45, 2.75) is 62.4 Å². The van der Waals surface area contributed by atoms with Crippen molar-refractivity contribution in [3.63, 3.8) is 0 Å². The molecule has 2 unspecified atom stereocenters. The van der Waals surface area contributed by atoms with Gasteiger partial charge in [-0.15, -0.1) is 0 Å². The molecule has 136 valence electrons. The number of hydrogen-bond acceptors (Lipinski definition) is 5. The average Bonchev–Trinajstić information content (AvgIpc) is 3.25. The van der Waals surface area contributed by atoms with E-state index in [2.05, 4.69) is 34.5 Å². The van der Waals surface area contributed by atoms with Crippen molar-refractivity contribution in [1.82, 2.24) is 5.32 Å². The third-order valence-corrected chi connectivity index (χ3v) is 6.05. The summed E-state index contributed by atoms with van der Waals surface area (Å²) in [6.07, 6.45) is 5.08. The zero-order valence-electron chi connectivity index (χ0n) is 15.2. The van der Waals surface area contributed by atoms with Gasteiger partial charge in [0.2, 0.25) is 0 Å². The molecule has 1 aromatic carbocycles. The molecule has 2 spiro atoms. The number of carbonyl (C=O) groups excluding carboxylic acids is 1. The summed E-state index contributed by atoms with van der Waals surface area (Å²) in [5, 5.41) is 3.40. The summed E-state index contributed by atoms with van der Waals surface area (Å²) in [6.45, 7) is 3.20. The van der Waals surface area contributed by atoms with Gasteiger partial charge in [-0.25, -0.2) is 0 Å². The van der Waals surface area contributed by atoms with Crippen molar-refractivity contribution < 1.29 is 14.3 Å². The predicted molar refractivity (Wildman–Crippen MR) is 96.7 cm³/mol. The molecule has 1 heterocycles. The van der Waals surface area contributed by atoms with Crippen LogP contribution in [0.4, 0.5) is 5.69 Å². The summed E-state index contributed by atoms with van der Waals surface area (Å²) in [4.78, 5) is 13.9. The smallest absolute Gasteiger partial charge is 0.303 e. The van der Waals surface area contributed by atoms with Crippen LogP contribution in [0, 0.1) is 0 Å². The number of ether oxygens (including phenoxy) is 2. The molecular weight excluding hydrogens is 316 g/mol. The molecule has 0 amide bonds. The fourth-order valence-corrected chi connectivity index (χ4v) is 4.61. The number of nitrogens with zero attached hydrogens (tertiary/aromatic N) is 1. The Bertz CT molecular complexity index is 627. The first-order valence-electron chi connectivity index (χ1n) is 9.39. The minimum absolute atomic E-state index is 0.101. The molecule has 25 heavy (non-hydrogen) atoms. The highest BCUT2D eigenvalue weighted by Gasteiger charge is 2.65. The molecular formula is C20H28N2O3. The number of esters is 1. The van der Waals surface area contributed by atoms with E-state index in [1.54, 1.807) is 0 Å². The number of rotatable bonds is 3. The van der Waals surface area contributed by atoms with Crippen LogP contribution in [0.5, 0.6) is 0 Å². The lowest BCUT2D eigenvalue weighted by Gasteiger charge is -2.50. The molecule has 0 radical (unpaired) electrons. The van der Waals surface area contributed by atoms with Crippen LogP contribution in [0.2, 0.25) is 0 Å². The lowest BCUT2D eigenvalue weighted by Crippen LogP contribution is -2.60. The van der Waals surface area contributed by atoms with Crippen LogP contribution < -0.4 is 10.2 Å². The number of morpholine rings is 1. The van der Waals surface area contributed by atoms with Crippen LogP contribution in [0.15, 0.2) is 30.3 Å². The first-order valence-corrected chi connectivity index (χ1v) is 9.39. The van der Waals surface area contributed by atoms with Gasteiger partial charge in [-0.1, -0.05) is 18.2 Å². The lowest BCUT2D eigenvalue weighted by molar-refractivity contribution is -0.166. The van der Waals surface area contributed by atoms with Gasteiger partial charge in [0.05, 0.1) is 12.1 Å². The van der Waals surface area contributed by atoms with Crippen LogP contribution in [-0.2, 0) is 14.3 Å². The maximum atomic E-state index is 11.4. The Morgan fingerprint density at radius 2 is 1.96 bits per heavy atom. The van der Waals surface area contributed by atoms with E-state index >= 15 is 0 Å². The van der Waals surface area contributed by atoms with Crippen LogP contribution in [0.3, 0.4) is 0 Å². The van der Waals surface area contributed by atoms with Crippen molar-refractivity contribution in [2.75, 3.05) is 25.0 Å². The number of hydrogen-bond donors (Lipinski definition) is 1. The number of nitrogens with one attached hydrogen (secondary N) is 1. The summed E-state index contributed by atoms with van der Waals surface area (Å²) in [7, 11) is 2.04. The molecule has 0 bridgehead atoms. The minimum Gasteiger partial charge on any atom is -0.459 e. The van der Waals surface area contributed by atoms with Gasteiger partial charge in [0.15, 0.2) is 0 Å². The Morgan fingerprint density at radius 3 is 2.60 bits per heavy atom. The quantitative estimate of drug-likeness (QED) is 0.854. The minimum atomic E-state index is -0.327. The van der Waals surface area contributed by atoms with E-state index in [1.165, 1.54) is 12.6 Å². The van der Waals surface area contributed by atoms with E-state index in [4.69, 9.17) is 9.47 Å². The fraction of sp³-hybridized carbons (Fsp3) is 0.650. The summed E-state index contributed by atoms with van der Waals surface area (Å²) < 4.78 is 12.2. The van der Waals surface area contributed by atoms with E-state index in [-0.39, 0.29) is 23.3 Å². The molecule has 3 aliphatic rings. The number of benzene rings is 1. The fourth-order valence-electron chi connectivity index (χ4n) is 4.61. The van der Waals surface area contributed by atoms with Crippen LogP contribution in [0.25, 0.3) is 0 Å². The number of carbonyl (C=O) groups is 1. The second kappa shape index (κ2) is 6.29. The van der Waals surface area contributed by atoms with Gasteiger partial charge in [0.25, 0.3) is 0 Å². The third kappa shape index (κ3) is 3.27. The van der Waals surface area contributed by atoms with Gasteiger partial charge >= 0.3 is 5.97 Å². The molecule has 5 heteroatoms. The summed E-state index contributed by atoms with van der Waals surface area (Å²) in [5.74, 6) is -0.213. The molecule has 5 nitrogen and oxygen atoms in total. The molecule has 1 aromatic rings. The standard InChI is InChI=1S/C20H28N2O3/c1-15(23)24-18-12-20(18)14-22(17-6-4-3-5-7-17)13-19(25-20)10-8-16(21-2)9-11-19/h3-7,16,18,21H,8-14H2,1-2H3. The van der Waals surface area contributed by atoms with Crippen molar-refractivity contribution in [3.05, 3.63) is 30.3 Å². The molecule has 2 aliphatic carbocycles. The number of anilines is 1. The number of para-hydroxylation sites is 1. The van der Waals surface area contributed by atoms with Gasteiger partial charge in [0.1, 0.15) is 11.7 Å². The van der Waals surface area contributed by atoms with E-state index in [0.29, 0.717) is 6.04 Å². The average molecular weight is 344 g/mol. The van der Waals surface area contributed by atoms with Gasteiger partial charge in [-0.05, 0) is 44.9 Å². The van der Waals surface area contributed by atoms with E-state index < -0.39 is 0 Å². The zero-order valence-corrected chi connectivity index (χ0v) is 15.2. The summed E-state index contributed by atoms with van der Waals surface area (Å²) >= 11 is 0. The van der Waals surface area contributed by atoms with Crippen molar-refractivity contribution >= 4 is 11.7 Å². The van der Waals surface area contributed by atoms with Crippen molar-refractivity contribution in [2.24, 2.45) is 0 Å². The molecule has 2 saturated carbocycles. The summed E-state index contributed by atoms with van der Waals surface area (Å²) in [5.41, 5.74) is 0.775. The molecule has 2 atom stereocenters. The Hall–Kier alpha value is -1.59. The Labute approximate surface area is 149 Å².